The molecule has 0 radical (unpaired) electrons. The average molecular weight is 184 g/mol. The van der Waals surface area contributed by atoms with E-state index < -0.39 is 0 Å². The highest BCUT2D eigenvalue weighted by Crippen LogP contribution is 2.25. The monoisotopic (exact) mass is 184 g/mol. The number of aromatic nitrogens is 2. The lowest BCUT2D eigenvalue weighted by molar-refractivity contribution is 0.621. The van der Waals surface area contributed by atoms with Crippen molar-refractivity contribution in [1.29, 1.82) is 0 Å². The maximum atomic E-state index is 4.64. The molecule has 0 saturated heterocycles. The number of para-hydroxylation sites is 2. The van der Waals surface area contributed by atoms with Crippen LogP contribution >= 0.6 is 0 Å². The van der Waals surface area contributed by atoms with Gasteiger partial charge in [-0.15, -0.1) is 0 Å². The summed E-state index contributed by atoms with van der Waals surface area (Å²) in [5.41, 5.74) is 4.47. The zero-order chi connectivity index (χ0) is 9.54. The molecule has 0 fully saturated rings. The van der Waals surface area contributed by atoms with E-state index in [-0.39, 0.29) is 0 Å². The van der Waals surface area contributed by atoms with Crippen molar-refractivity contribution in [1.82, 2.24) is 9.97 Å². The fourth-order valence-corrected chi connectivity index (χ4v) is 2.13. The van der Waals surface area contributed by atoms with Gasteiger partial charge in [0.15, 0.2) is 0 Å². The molecule has 1 heterocycles. The first-order valence-electron chi connectivity index (χ1n) is 5.07. The van der Waals surface area contributed by atoms with E-state index in [1.165, 1.54) is 11.4 Å². The van der Waals surface area contributed by atoms with E-state index in [9.17, 15) is 0 Å². The standard InChI is InChI=1S/C12H12N2/c1-8-6-11-12(7-8)14-10-5-3-2-4-9(10)13-11/h2-5,8H,6-7H2,1H3. The molecule has 3 rings (SSSR count). The van der Waals surface area contributed by atoms with Crippen LogP contribution in [0.2, 0.25) is 0 Å². The fourth-order valence-electron chi connectivity index (χ4n) is 2.13. The van der Waals surface area contributed by atoms with Crippen LogP contribution in [0, 0.1) is 5.92 Å². The summed E-state index contributed by atoms with van der Waals surface area (Å²) < 4.78 is 0. The molecule has 2 nitrogen and oxygen atoms in total. The van der Waals surface area contributed by atoms with Gasteiger partial charge in [0.05, 0.1) is 22.4 Å². The number of benzene rings is 1. The number of hydrogen-bond donors (Lipinski definition) is 0. The van der Waals surface area contributed by atoms with Gasteiger partial charge >= 0.3 is 0 Å². The van der Waals surface area contributed by atoms with Gasteiger partial charge < -0.3 is 0 Å². The first kappa shape index (κ1) is 7.92. The molecule has 2 heteroatoms. The van der Waals surface area contributed by atoms with Crippen LogP contribution in [0.4, 0.5) is 0 Å². The quantitative estimate of drug-likeness (QED) is 0.628. The summed E-state index contributed by atoms with van der Waals surface area (Å²) in [5.74, 6) is 0.710. The number of rotatable bonds is 0. The third kappa shape index (κ3) is 1.10. The molecule has 0 atom stereocenters. The Morgan fingerprint density at radius 1 is 1.00 bits per heavy atom. The van der Waals surface area contributed by atoms with Crippen molar-refractivity contribution in [2.75, 3.05) is 0 Å². The van der Waals surface area contributed by atoms with E-state index in [4.69, 9.17) is 0 Å². The zero-order valence-corrected chi connectivity index (χ0v) is 8.20. The first-order valence-corrected chi connectivity index (χ1v) is 5.07. The highest BCUT2D eigenvalue weighted by molar-refractivity contribution is 5.74. The first-order chi connectivity index (χ1) is 6.83. The highest BCUT2D eigenvalue weighted by Gasteiger charge is 2.20. The minimum absolute atomic E-state index is 0.710. The molecule has 0 saturated carbocycles. The topological polar surface area (TPSA) is 25.8 Å². The second kappa shape index (κ2) is 2.77. The van der Waals surface area contributed by atoms with Crippen LogP contribution in [-0.4, -0.2) is 9.97 Å². The molecule has 0 bridgehead atoms. The summed E-state index contributed by atoms with van der Waals surface area (Å²) in [6, 6.07) is 8.10. The molecule has 0 amide bonds. The number of nitrogens with zero attached hydrogens (tertiary/aromatic N) is 2. The van der Waals surface area contributed by atoms with Crippen molar-refractivity contribution >= 4 is 11.0 Å². The summed E-state index contributed by atoms with van der Waals surface area (Å²) in [4.78, 5) is 9.29. The van der Waals surface area contributed by atoms with Gasteiger partial charge in [0.1, 0.15) is 0 Å². The van der Waals surface area contributed by atoms with Gasteiger partial charge in [-0.25, -0.2) is 9.97 Å². The highest BCUT2D eigenvalue weighted by atomic mass is 14.8. The van der Waals surface area contributed by atoms with Crippen molar-refractivity contribution in [2.24, 2.45) is 5.92 Å². The lowest BCUT2D eigenvalue weighted by atomic mass is 10.1. The number of fused-ring (bicyclic) bond motifs is 2. The van der Waals surface area contributed by atoms with Crippen molar-refractivity contribution in [3.8, 4) is 0 Å². The molecular weight excluding hydrogens is 172 g/mol. The molecule has 70 valence electrons. The molecule has 0 unspecified atom stereocenters. The average Bonchev–Trinajstić information content (AvgIpc) is 2.53. The van der Waals surface area contributed by atoms with E-state index in [0.29, 0.717) is 5.92 Å². The van der Waals surface area contributed by atoms with Crippen LogP contribution in [0.5, 0.6) is 0 Å². The van der Waals surface area contributed by atoms with Gasteiger partial charge in [0.2, 0.25) is 0 Å². The normalized spacial score (nSPS) is 16.1. The third-order valence-electron chi connectivity index (χ3n) is 2.81. The maximum Gasteiger partial charge on any atom is 0.0890 e. The van der Waals surface area contributed by atoms with Crippen molar-refractivity contribution < 1.29 is 0 Å². The van der Waals surface area contributed by atoms with Crippen LogP contribution in [-0.2, 0) is 12.8 Å². The number of hydrogen-bond acceptors (Lipinski definition) is 2. The summed E-state index contributed by atoms with van der Waals surface area (Å²) in [7, 11) is 0. The van der Waals surface area contributed by atoms with E-state index in [1.807, 2.05) is 24.3 Å². The van der Waals surface area contributed by atoms with Gasteiger partial charge in [-0.3, -0.25) is 0 Å². The van der Waals surface area contributed by atoms with Crippen molar-refractivity contribution in [2.45, 2.75) is 19.8 Å². The van der Waals surface area contributed by atoms with Crippen molar-refractivity contribution in [3.05, 3.63) is 35.7 Å². The summed E-state index contributed by atoms with van der Waals surface area (Å²) in [6.07, 6.45) is 2.18. The Hall–Kier alpha value is -1.44. The van der Waals surface area contributed by atoms with Crippen molar-refractivity contribution in [3.63, 3.8) is 0 Å². The Labute approximate surface area is 83.0 Å². The molecule has 1 aromatic heterocycles. The second-order valence-corrected chi connectivity index (χ2v) is 4.12. The Kier molecular flexibility index (Phi) is 1.57. The lowest BCUT2D eigenvalue weighted by Crippen LogP contribution is -1.93. The van der Waals surface area contributed by atoms with Crippen LogP contribution in [0.15, 0.2) is 24.3 Å². The van der Waals surface area contributed by atoms with Gasteiger partial charge in [-0.2, -0.15) is 0 Å². The molecule has 1 aromatic carbocycles. The molecule has 1 aliphatic rings. The second-order valence-electron chi connectivity index (χ2n) is 4.12. The van der Waals surface area contributed by atoms with Crippen LogP contribution in [0.1, 0.15) is 18.3 Å². The minimum atomic E-state index is 0.710. The van der Waals surface area contributed by atoms with Gasteiger partial charge in [0.25, 0.3) is 0 Å². The fraction of sp³-hybridized carbons (Fsp3) is 0.333. The SMILES string of the molecule is CC1Cc2nc3ccccc3nc2C1. The lowest BCUT2D eigenvalue weighted by Gasteiger charge is -2.00. The molecule has 0 aliphatic heterocycles. The molecule has 0 spiro atoms. The predicted molar refractivity (Wildman–Crippen MR) is 56.1 cm³/mol. The smallest absolute Gasteiger partial charge is 0.0890 e. The van der Waals surface area contributed by atoms with E-state index in [0.717, 1.165) is 23.9 Å². The van der Waals surface area contributed by atoms with E-state index >= 15 is 0 Å². The van der Waals surface area contributed by atoms with Gasteiger partial charge in [-0.1, -0.05) is 19.1 Å². The van der Waals surface area contributed by atoms with Crippen LogP contribution in [0.25, 0.3) is 11.0 Å². The van der Waals surface area contributed by atoms with E-state index in [1.54, 1.807) is 0 Å². The molecule has 1 aliphatic carbocycles. The summed E-state index contributed by atoms with van der Waals surface area (Å²) in [6.45, 7) is 2.26. The van der Waals surface area contributed by atoms with Crippen LogP contribution in [0.3, 0.4) is 0 Å². The molecule has 0 N–H and O–H groups in total. The Morgan fingerprint density at radius 2 is 1.50 bits per heavy atom. The molecular formula is C12H12N2. The Balaban J connectivity index is 2.27. The van der Waals surface area contributed by atoms with Crippen LogP contribution < -0.4 is 0 Å². The summed E-state index contributed by atoms with van der Waals surface area (Å²) in [5, 5.41) is 0. The zero-order valence-electron chi connectivity index (χ0n) is 8.20. The summed E-state index contributed by atoms with van der Waals surface area (Å²) >= 11 is 0. The molecule has 2 aromatic rings. The maximum absolute atomic E-state index is 4.64. The van der Waals surface area contributed by atoms with Gasteiger partial charge in [0, 0.05) is 0 Å². The minimum Gasteiger partial charge on any atom is -0.249 e. The van der Waals surface area contributed by atoms with E-state index in [2.05, 4.69) is 16.9 Å². The Bertz CT molecular complexity index is 446. The predicted octanol–water partition coefficient (Wildman–Crippen LogP) is 2.36. The van der Waals surface area contributed by atoms with Gasteiger partial charge in [-0.05, 0) is 30.9 Å². The largest absolute Gasteiger partial charge is 0.249 e. The molecule has 14 heavy (non-hydrogen) atoms. The Morgan fingerprint density at radius 3 is 2.00 bits per heavy atom. The third-order valence-corrected chi connectivity index (χ3v) is 2.81.